The van der Waals surface area contributed by atoms with E-state index in [1.165, 1.54) is 43.2 Å². The Morgan fingerprint density at radius 2 is 1.61 bits per heavy atom. The Morgan fingerprint density at radius 3 is 2.26 bits per heavy atom. The molecule has 2 aromatic carbocycles. The number of para-hydroxylation sites is 1. The lowest BCUT2D eigenvalue weighted by atomic mass is 9.77. The molecule has 0 atom stereocenters. The first-order valence-corrected chi connectivity index (χ1v) is 8.72. The van der Waals surface area contributed by atoms with Crippen LogP contribution in [0.1, 0.15) is 49.1 Å². The number of hydrogen-bond acceptors (Lipinski definition) is 1. The Kier molecular flexibility index (Phi) is 5.52. The minimum atomic E-state index is 0.635. The van der Waals surface area contributed by atoms with E-state index in [1.807, 2.05) is 30.3 Å². The number of allylic oxidation sites excluding steroid dienone is 1. The van der Waals surface area contributed by atoms with E-state index in [0.717, 1.165) is 17.6 Å². The van der Waals surface area contributed by atoms with Crippen molar-refractivity contribution in [1.29, 1.82) is 0 Å². The predicted molar refractivity (Wildman–Crippen MR) is 96.7 cm³/mol. The molecule has 0 unspecified atom stereocenters. The molecule has 1 fully saturated rings. The second-order valence-corrected chi connectivity index (χ2v) is 6.59. The third kappa shape index (κ3) is 4.48. The zero-order valence-electron chi connectivity index (χ0n) is 13.8. The zero-order chi connectivity index (χ0) is 15.9. The van der Waals surface area contributed by atoms with Crippen LogP contribution in [0.4, 0.5) is 0 Å². The molecule has 3 rings (SSSR count). The van der Waals surface area contributed by atoms with Gasteiger partial charge in [0.05, 0.1) is 0 Å². The Labute approximate surface area is 140 Å². The van der Waals surface area contributed by atoms with Crippen LogP contribution in [0.25, 0.3) is 0 Å². The molecule has 1 aliphatic rings. The molecule has 0 aromatic heterocycles. The van der Waals surface area contributed by atoms with Crippen LogP contribution >= 0.6 is 0 Å². The summed E-state index contributed by atoms with van der Waals surface area (Å²) in [6.45, 7) is 4.50. The van der Waals surface area contributed by atoms with Crippen LogP contribution in [0.15, 0.2) is 67.3 Å². The fourth-order valence-corrected chi connectivity index (χ4v) is 3.54. The van der Waals surface area contributed by atoms with Gasteiger partial charge in [0.2, 0.25) is 0 Å². The lowest BCUT2D eigenvalue weighted by molar-refractivity contribution is 0.306. The van der Waals surface area contributed by atoms with Gasteiger partial charge in [0.15, 0.2) is 0 Å². The normalized spacial score (nSPS) is 20.9. The first-order valence-electron chi connectivity index (χ1n) is 8.72. The summed E-state index contributed by atoms with van der Waals surface area (Å²) in [7, 11) is 0. The topological polar surface area (TPSA) is 9.23 Å². The van der Waals surface area contributed by atoms with E-state index in [9.17, 15) is 0 Å². The van der Waals surface area contributed by atoms with Gasteiger partial charge in [0.1, 0.15) is 12.4 Å². The third-order valence-electron chi connectivity index (χ3n) is 4.95. The van der Waals surface area contributed by atoms with E-state index in [0.29, 0.717) is 6.61 Å². The lowest BCUT2D eigenvalue weighted by Gasteiger charge is -2.28. The van der Waals surface area contributed by atoms with E-state index in [4.69, 9.17) is 4.74 Å². The molecule has 1 nitrogen and oxygen atoms in total. The molecule has 0 N–H and O–H groups in total. The van der Waals surface area contributed by atoms with E-state index >= 15 is 0 Å². The summed E-state index contributed by atoms with van der Waals surface area (Å²) in [6.07, 6.45) is 8.58. The van der Waals surface area contributed by atoms with Crippen LogP contribution in [-0.2, 0) is 6.61 Å². The monoisotopic (exact) mass is 306 g/mol. The second-order valence-electron chi connectivity index (χ2n) is 6.59. The summed E-state index contributed by atoms with van der Waals surface area (Å²) >= 11 is 0. The molecule has 0 bridgehead atoms. The van der Waals surface area contributed by atoms with Crippen molar-refractivity contribution in [2.45, 2.75) is 44.6 Å². The average molecular weight is 306 g/mol. The molecule has 0 saturated heterocycles. The van der Waals surface area contributed by atoms with Gasteiger partial charge in [-0.15, -0.1) is 6.58 Å². The SMILES string of the molecule is C=CC[C@H]1CC[C@H](c2ccc(COc3ccccc3)cc2)CC1. The highest BCUT2D eigenvalue weighted by molar-refractivity contribution is 5.27. The van der Waals surface area contributed by atoms with Crippen LogP contribution in [0.2, 0.25) is 0 Å². The van der Waals surface area contributed by atoms with Crippen LogP contribution in [-0.4, -0.2) is 0 Å². The van der Waals surface area contributed by atoms with E-state index in [-0.39, 0.29) is 0 Å². The zero-order valence-corrected chi connectivity index (χ0v) is 13.8. The van der Waals surface area contributed by atoms with Crippen molar-refractivity contribution in [3.63, 3.8) is 0 Å². The molecule has 0 aliphatic heterocycles. The molecular formula is C22H26O. The highest BCUT2D eigenvalue weighted by atomic mass is 16.5. The first kappa shape index (κ1) is 15.9. The summed E-state index contributed by atoms with van der Waals surface area (Å²) in [5.41, 5.74) is 2.73. The van der Waals surface area contributed by atoms with Gasteiger partial charge in [-0.05, 0) is 67.2 Å². The largest absolute Gasteiger partial charge is 0.489 e. The van der Waals surface area contributed by atoms with Crippen LogP contribution in [0.5, 0.6) is 5.75 Å². The van der Waals surface area contributed by atoms with Crippen LogP contribution in [0, 0.1) is 5.92 Å². The fourth-order valence-electron chi connectivity index (χ4n) is 3.54. The molecule has 0 spiro atoms. The molecule has 23 heavy (non-hydrogen) atoms. The standard InChI is InChI=1S/C22H26O/c1-2-6-18-9-13-20(14-10-18)21-15-11-19(12-16-21)17-23-22-7-4-3-5-8-22/h2-5,7-8,11-12,15-16,18,20H,1,6,9-10,13-14,17H2/t18-,20-. The Hall–Kier alpha value is -2.02. The van der Waals surface area contributed by atoms with Crippen LogP contribution < -0.4 is 4.74 Å². The number of ether oxygens (including phenoxy) is 1. The molecule has 120 valence electrons. The van der Waals surface area contributed by atoms with Gasteiger partial charge in [-0.2, -0.15) is 0 Å². The van der Waals surface area contributed by atoms with Crippen molar-refractivity contribution < 1.29 is 4.74 Å². The van der Waals surface area contributed by atoms with Gasteiger partial charge < -0.3 is 4.74 Å². The van der Waals surface area contributed by atoms with Gasteiger partial charge >= 0.3 is 0 Å². The molecule has 0 heterocycles. The van der Waals surface area contributed by atoms with E-state index in [1.54, 1.807) is 0 Å². The maximum absolute atomic E-state index is 5.81. The van der Waals surface area contributed by atoms with Crippen molar-refractivity contribution in [2.75, 3.05) is 0 Å². The van der Waals surface area contributed by atoms with Gasteiger partial charge in [-0.1, -0.05) is 48.5 Å². The van der Waals surface area contributed by atoms with Crippen molar-refractivity contribution in [1.82, 2.24) is 0 Å². The summed E-state index contributed by atoms with van der Waals surface area (Å²) < 4.78 is 5.81. The quantitative estimate of drug-likeness (QED) is 0.584. The minimum absolute atomic E-state index is 0.635. The second kappa shape index (κ2) is 8.01. The Bertz CT molecular complexity index is 592. The smallest absolute Gasteiger partial charge is 0.119 e. The summed E-state index contributed by atoms with van der Waals surface area (Å²) in [5.74, 6) is 2.53. The highest BCUT2D eigenvalue weighted by Gasteiger charge is 2.21. The maximum Gasteiger partial charge on any atom is 0.119 e. The first-order chi connectivity index (χ1) is 11.3. The van der Waals surface area contributed by atoms with Gasteiger partial charge in [-0.25, -0.2) is 0 Å². The van der Waals surface area contributed by atoms with Gasteiger partial charge in [-0.3, -0.25) is 0 Å². The molecule has 2 aromatic rings. The lowest BCUT2D eigenvalue weighted by Crippen LogP contribution is -2.12. The van der Waals surface area contributed by atoms with Crippen molar-refractivity contribution in [3.05, 3.63) is 78.4 Å². The van der Waals surface area contributed by atoms with Crippen molar-refractivity contribution >= 4 is 0 Å². The summed E-state index contributed by atoms with van der Waals surface area (Å²) in [5, 5.41) is 0. The van der Waals surface area contributed by atoms with Crippen molar-refractivity contribution in [2.24, 2.45) is 5.92 Å². The molecular weight excluding hydrogens is 280 g/mol. The average Bonchev–Trinajstić information content (AvgIpc) is 2.62. The number of hydrogen-bond donors (Lipinski definition) is 0. The summed E-state index contributed by atoms with van der Waals surface area (Å²) in [4.78, 5) is 0. The van der Waals surface area contributed by atoms with Gasteiger partial charge in [0.25, 0.3) is 0 Å². The Balaban J connectivity index is 1.52. The molecule has 1 heteroatoms. The minimum Gasteiger partial charge on any atom is -0.489 e. The molecule has 0 radical (unpaired) electrons. The van der Waals surface area contributed by atoms with Crippen LogP contribution in [0.3, 0.4) is 0 Å². The third-order valence-corrected chi connectivity index (χ3v) is 4.95. The number of benzene rings is 2. The summed E-state index contributed by atoms with van der Waals surface area (Å²) in [6, 6.07) is 19.0. The van der Waals surface area contributed by atoms with E-state index < -0.39 is 0 Å². The van der Waals surface area contributed by atoms with Crippen molar-refractivity contribution in [3.8, 4) is 5.75 Å². The molecule has 0 amide bonds. The fraction of sp³-hybridized carbons (Fsp3) is 0.364. The maximum atomic E-state index is 5.81. The molecule has 1 aliphatic carbocycles. The number of rotatable bonds is 6. The van der Waals surface area contributed by atoms with E-state index in [2.05, 4.69) is 36.9 Å². The van der Waals surface area contributed by atoms with Gasteiger partial charge in [0, 0.05) is 0 Å². The Morgan fingerprint density at radius 1 is 0.913 bits per heavy atom. The highest BCUT2D eigenvalue weighted by Crippen LogP contribution is 2.37. The predicted octanol–water partition coefficient (Wildman–Crippen LogP) is 6.12. The molecule has 1 saturated carbocycles.